The largest absolute Gasteiger partial charge is 0.497 e. The number of para-hydroxylation sites is 2. The number of anilines is 1. The first-order chi connectivity index (χ1) is 16.7. The number of nitrogens with zero attached hydrogens (tertiary/aromatic N) is 4. The van der Waals surface area contributed by atoms with E-state index in [2.05, 4.69) is 57.2 Å². The van der Waals surface area contributed by atoms with Crippen LogP contribution in [0.2, 0.25) is 0 Å². The molecule has 5 rings (SSSR count). The van der Waals surface area contributed by atoms with Crippen LogP contribution in [0.5, 0.6) is 5.75 Å². The summed E-state index contributed by atoms with van der Waals surface area (Å²) >= 11 is 0. The number of rotatable bonds is 6. The van der Waals surface area contributed by atoms with Gasteiger partial charge in [0.05, 0.1) is 24.7 Å². The predicted octanol–water partition coefficient (Wildman–Crippen LogP) is 4.44. The van der Waals surface area contributed by atoms with Gasteiger partial charge in [-0.1, -0.05) is 48.5 Å². The van der Waals surface area contributed by atoms with Crippen molar-refractivity contribution < 1.29 is 9.53 Å². The zero-order valence-electron chi connectivity index (χ0n) is 19.4. The van der Waals surface area contributed by atoms with Crippen LogP contribution in [-0.2, 0) is 13.1 Å². The first kappa shape index (κ1) is 22.0. The van der Waals surface area contributed by atoms with Gasteiger partial charge in [-0.15, -0.1) is 0 Å². The van der Waals surface area contributed by atoms with Crippen molar-refractivity contribution in [1.82, 2.24) is 19.4 Å². The molecule has 0 saturated carbocycles. The molecular weight excluding hydrogens is 426 g/mol. The molecule has 1 fully saturated rings. The Labute approximate surface area is 199 Å². The molecule has 0 atom stereocenters. The molecule has 1 aromatic heterocycles. The highest BCUT2D eigenvalue weighted by molar-refractivity contribution is 5.89. The van der Waals surface area contributed by atoms with Gasteiger partial charge >= 0.3 is 6.03 Å². The maximum Gasteiger partial charge on any atom is 0.321 e. The highest BCUT2D eigenvalue weighted by atomic mass is 16.5. The number of aromatic nitrogens is 2. The van der Waals surface area contributed by atoms with E-state index in [-0.39, 0.29) is 6.03 Å². The van der Waals surface area contributed by atoms with E-state index in [1.54, 1.807) is 7.11 Å². The maximum atomic E-state index is 12.7. The average Bonchev–Trinajstić information content (AvgIpc) is 3.22. The third-order valence-corrected chi connectivity index (χ3v) is 6.26. The van der Waals surface area contributed by atoms with Gasteiger partial charge in [0, 0.05) is 44.5 Å². The van der Waals surface area contributed by atoms with Crippen molar-refractivity contribution in [3.8, 4) is 5.75 Å². The van der Waals surface area contributed by atoms with Crippen LogP contribution in [0, 0.1) is 0 Å². The van der Waals surface area contributed by atoms with Crippen molar-refractivity contribution >= 4 is 22.8 Å². The van der Waals surface area contributed by atoms with Gasteiger partial charge in [0.25, 0.3) is 0 Å². The van der Waals surface area contributed by atoms with E-state index in [4.69, 9.17) is 9.72 Å². The van der Waals surface area contributed by atoms with Gasteiger partial charge in [-0.3, -0.25) is 4.90 Å². The Morgan fingerprint density at radius 3 is 2.47 bits per heavy atom. The second kappa shape index (κ2) is 9.97. The molecule has 3 aromatic carbocycles. The minimum atomic E-state index is -0.0794. The lowest BCUT2D eigenvalue weighted by atomic mass is 10.2. The lowest BCUT2D eigenvalue weighted by Gasteiger charge is -2.34. The summed E-state index contributed by atoms with van der Waals surface area (Å²) in [6, 6.07) is 26.1. The van der Waals surface area contributed by atoms with Gasteiger partial charge < -0.3 is 19.5 Å². The topological polar surface area (TPSA) is 62.6 Å². The van der Waals surface area contributed by atoms with Gasteiger partial charge in [-0.05, 0) is 29.8 Å². The highest BCUT2D eigenvalue weighted by Crippen LogP contribution is 2.21. The van der Waals surface area contributed by atoms with E-state index in [1.165, 1.54) is 5.56 Å². The van der Waals surface area contributed by atoms with Gasteiger partial charge in [0.15, 0.2) is 0 Å². The van der Waals surface area contributed by atoms with Crippen LogP contribution in [0.3, 0.4) is 0 Å². The molecule has 1 aliphatic rings. The fourth-order valence-electron chi connectivity index (χ4n) is 4.40. The fraction of sp³-hybridized carbons (Fsp3) is 0.259. The standard InChI is InChI=1S/C27H29N5O2/c1-34-23-11-7-10-22(18-23)28-27(33)31-16-14-30(15-17-31)20-26-29-24-12-5-6-13-25(24)32(26)19-21-8-3-2-4-9-21/h2-13,18H,14-17,19-20H2,1H3,(H,28,33). The summed E-state index contributed by atoms with van der Waals surface area (Å²) < 4.78 is 7.55. The van der Waals surface area contributed by atoms with Crippen LogP contribution in [0.15, 0.2) is 78.9 Å². The normalized spacial score (nSPS) is 14.3. The molecule has 2 amide bonds. The summed E-state index contributed by atoms with van der Waals surface area (Å²) in [6.07, 6.45) is 0. The lowest BCUT2D eigenvalue weighted by Crippen LogP contribution is -2.49. The van der Waals surface area contributed by atoms with Crippen molar-refractivity contribution in [3.05, 3.63) is 90.3 Å². The summed E-state index contributed by atoms with van der Waals surface area (Å²) in [7, 11) is 1.62. The Kier molecular flexibility index (Phi) is 6.44. The van der Waals surface area contributed by atoms with Gasteiger partial charge in [0.2, 0.25) is 0 Å². The van der Waals surface area contributed by atoms with E-state index in [0.717, 1.165) is 54.5 Å². The molecule has 1 N–H and O–H groups in total. The lowest BCUT2D eigenvalue weighted by molar-refractivity contribution is 0.140. The molecule has 1 aliphatic heterocycles. The molecule has 174 valence electrons. The van der Waals surface area contributed by atoms with Crippen molar-refractivity contribution in [2.45, 2.75) is 13.1 Å². The quantitative estimate of drug-likeness (QED) is 0.467. The van der Waals surface area contributed by atoms with E-state index < -0.39 is 0 Å². The molecule has 7 nitrogen and oxygen atoms in total. The number of benzene rings is 3. The van der Waals surface area contributed by atoms with Crippen LogP contribution < -0.4 is 10.1 Å². The van der Waals surface area contributed by atoms with Crippen LogP contribution in [0.25, 0.3) is 11.0 Å². The van der Waals surface area contributed by atoms with E-state index in [9.17, 15) is 4.79 Å². The van der Waals surface area contributed by atoms with E-state index in [1.807, 2.05) is 41.3 Å². The number of methoxy groups -OCH3 is 1. The SMILES string of the molecule is COc1cccc(NC(=O)N2CCN(Cc3nc4ccccc4n3Cc3ccccc3)CC2)c1. The van der Waals surface area contributed by atoms with Crippen molar-refractivity contribution in [2.75, 3.05) is 38.6 Å². The second-order valence-electron chi connectivity index (χ2n) is 8.51. The summed E-state index contributed by atoms with van der Waals surface area (Å²) in [4.78, 5) is 21.9. The number of fused-ring (bicyclic) bond motifs is 1. The van der Waals surface area contributed by atoms with Crippen molar-refractivity contribution in [3.63, 3.8) is 0 Å². The minimum Gasteiger partial charge on any atom is -0.497 e. The molecule has 0 unspecified atom stereocenters. The summed E-state index contributed by atoms with van der Waals surface area (Å²) in [6.45, 7) is 4.51. The fourth-order valence-corrected chi connectivity index (χ4v) is 4.40. The number of urea groups is 1. The molecule has 0 aliphatic carbocycles. The molecule has 0 radical (unpaired) electrons. The van der Waals surface area contributed by atoms with Gasteiger partial charge in [0.1, 0.15) is 11.6 Å². The number of ether oxygens (including phenoxy) is 1. The smallest absolute Gasteiger partial charge is 0.321 e. The molecule has 34 heavy (non-hydrogen) atoms. The molecule has 2 heterocycles. The number of nitrogens with one attached hydrogen (secondary N) is 1. The molecule has 0 spiro atoms. The summed E-state index contributed by atoms with van der Waals surface area (Å²) in [5.74, 6) is 1.78. The Bertz CT molecular complexity index is 1260. The van der Waals surface area contributed by atoms with E-state index in [0.29, 0.717) is 13.1 Å². The number of hydrogen-bond acceptors (Lipinski definition) is 4. The predicted molar refractivity (Wildman–Crippen MR) is 134 cm³/mol. The maximum absolute atomic E-state index is 12.7. The molecule has 0 bridgehead atoms. The molecular formula is C27H29N5O2. The summed E-state index contributed by atoms with van der Waals surface area (Å²) in [5, 5.41) is 2.98. The first-order valence-corrected chi connectivity index (χ1v) is 11.6. The van der Waals surface area contributed by atoms with Crippen molar-refractivity contribution in [1.29, 1.82) is 0 Å². The van der Waals surface area contributed by atoms with Crippen LogP contribution in [0.4, 0.5) is 10.5 Å². The number of carbonyl (C=O) groups is 1. The number of imidazole rings is 1. The molecule has 7 heteroatoms. The van der Waals surface area contributed by atoms with Crippen LogP contribution >= 0.6 is 0 Å². The summed E-state index contributed by atoms with van der Waals surface area (Å²) in [5.41, 5.74) is 4.16. The van der Waals surface area contributed by atoms with Gasteiger partial charge in [-0.2, -0.15) is 0 Å². The van der Waals surface area contributed by atoms with Crippen LogP contribution in [-0.4, -0.2) is 58.7 Å². The zero-order valence-corrected chi connectivity index (χ0v) is 19.4. The van der Waals surface area contributed by atoms with Gasteiger partial charge in [-0.25, -0.2) is 9.78 Å². The number of amides is 2. The van der Waals surface area contributed by atoms with Crippen LogP contribution in [0.1, 0.15) is 11.4 Å². The minimum absolute atomic E-state index is 0.0794. The Balaban J connectivity index is 1.24. The monoisotopic (exact) mass is 455 g/mol. The Morgan fingerprint density at radius 1 is 0.912 bits per heavy atom. The first-order valence-electron chi connectivity index (χ1n) is 11.6. The third-order valence-electron chi connectivity index (χ3n) is 6.26. The number of hydrogen-bond donors (Lipinski definition) is 1. The average molecular weight is 456 g/mol. The second-order valence-corrected chi connectivity index (χ2v) is 8.51. The Hall–Kier alpha value is -3.84. The highest BCUT2D eigenvalue weighted by Gasteiger charge is 2.23. The van der Waals surface area contributed by atoms with Crippen molar-refractivity contribution in [2.24, 2.45) is 0 Å². The Morgan fingerprint density at radius 2 is 1.68 bits per heavy atom. The third kappa shape index (κ3) is 4.89. The number of carbonyl (C=O) groups excluding carboxylic acids is 1. The zero-order chi connectivity index (χ0) is 23.3. The molecule has 1 saturated heterocycles. The number of piperazine rings is 1. The van der Waals surface area contributed by atoms with E-state index >= 15 is 0 Å². The molecule has 4 aromatic rings.